The molecule has 2 aromatic heterocycles. The van der Waals surface area contributed by atoms with Crippen molar-refractivity contribution in [1.29, 1.82) is 0 Å². The topological polar surface area (TPSA) is 55.6 Å². The molecule has 0 bridgehead atoms. The Balaban J connectivity index is 1.49. The second kappa shape index (κ2) is 7.48. The molecule has 4 heterocycles. The first-order chi connectivity index (χ1) is 14.9. The molecule has 160 valence electrons. The van der Waals surface area contributed by atoms with Crippen LogP contribution in [0.15, 0.2) is 52.7 Å². The summed E-state index contributed by atoms with van der Waals surface area (Å²) in [6.45, 7) is 5.62. The predicted molar refractivity (Wildman–Crippen MR) is 131 cm³/mol. The Morgan fingerprint density at radius 3 is 2.68 bits per heavy atom. The number of anilines is 1. The highest BCUT2D eigenvalue weighted by Gasteiger charge is 2.59. The minimum atomic E-state index is -0.649. The molecule has 0 amide bonds. The first-order valence-corrected chi connectivity index (χ1v) is 12.9. The maximum atomic E-state index is 11.3. The van der Waals surface area contributed by atoms with Crippen LogP contribution in [-0.2, 0) is 10.2 Å². The zero-order valence-electron chi connectivity index (χ0n) is 17.5. The van der Waals surface area contributed by atoms with Crippen LogP contribution in [0.25, 0.3) is 15.8 Å². The largest absolute Gasteiger partial charge is 0.349 e. The molecule has 2 aliphatic rings. The Bertz CT molecular complexity index is 1200. The van der Waals surface area contributed by atoms with Crippen LogP contribution in [0.2, 0.25) is 0 Å². The van der Waals surface area contributed by atoms with Gasteiger partial charge in [0.2, 0.25) is 0 Å². The van der Waals surface area contributed by atoms with Gasteiger partial charge in [0, 0.05) is 44.4 Å². The quantitative estimate of drug-likeness (QED) is 0.238. The van der Waals surface area contributed by atoms with Crippen LogP contribution in [0.1, 0.15) is 24.3 Å². The van der Waals surface area contributed by atoms with E-state index in [0.29, 0.717) is 6.61 Å². The summed E-state index contributed by atoms with van der Waals surface area (Å²) >= 11 is 5.35. The van der Waals surface area contributed by atoms with E-state index in [4.69, 9.17) is 4.74 Å². The lowest BCUT2D eigenvalue weighted by molar-refractivity contribution is -0.384. The molecule has 1 atom stereocenters. The molecular weight excluding hydrogens is 448 g/mol. The Morgan fingerprint density at radius 1 is 1.16 bits per heavy atom. The molecule has 1 unspecified atom stereocenters. The van der Waals surface area contributed by atoms with Crippen molar-refractivity contribution in [3.8, 4) is 9.75 Å². The number of nitro benzene ring substituents is 1. The number of ether oxygens (including phenoxy) is 1. The number of nitro groups is 1. The van der Waals surface area contributed by atoms with Gasteiger partial charge in [-0.1, -0.05) is 13.8 Å². The number of nitrogens with zero attached hydrogens (tertiary/aromatic N) is 2. The van der Waals surface area contributed by atoms with Gasteiger partial charge >= 0.3 is 0 Å². The average Bonchev–Trinajstić information content (AvgIpc) is 3.52. The molecule has 0 N–H and O–H groups in total. The Labute approximate surface area is 193 Å². The van der Waals surface area contributed by atoms with Gasteiger partial charge in [-0.05, 0) is 54.3 Å². The minimum Gasteiger partial charge on any atom is -0.349 e. The van der Waals surface area contributed by atoms with Crippen LogP contribution < -0.4 is 4.90 Å². The summed E-state index contributed by atoms with van der Waals surface area (Å²) in [6, 6.07) is 13.8. The number of thiophene rings is 2. The van der Waals surface area contributed by atoms with Gasteiger partial charge in [-0.3, -0.25) is 10.1 Å². The Morgan fingerprint density at radius 2 is 1.94 bits per heavy atom. The molecule has 1 fully saturated rings. The summed E-state index contributed by atoms with van der Waals surface area (Å²) in [4.78, 5) is 17.0. The number of rotatable bonds is 5. The standard InChI is InChI=1S/C23H22N2O3S3/c1-22(2)17-14-15(25(26)27)4-6-18(17)24-12-13-28-23(22,24)11-10-16-5-7-19(30-16)20-8-9-21(29-3)31-20/h4-11,14H,12-13H2,1-3H3/b11-10+. The van der Waals surface area contributed by atoms with Crippen LogP contribution in [-0.4, -0.2) is 30.1 Å². The second-order valence-corrected chi connectivity index (χ2v) is 11.4. The van der Waals surface area contributed by atoms with E-state index in [1.807, 2.05) is 17.4 Å². The molecule has 0 radical (unpaired) electrons. The molecule has 8 heteroatoms. The van der Waals surface area contributed by atoms with E-state index in [9.17, 15) is 10.1 Å². The van der Waals surface area contributed by atoms with E-state index >= 15 is 0 Å². The van der Waals surface area contributed by atoms with Gasteiger partial charge in [-0.15, -0.1) is 34.4 Å². The van der Waals surface area contributed by atoms with Crippen LogP contribution in [0.4, 0.5) is 11.4 Å². The third-order valence-corrected chi connectivity index (χ3v) is 9.63. The van der Waals surface area contributed by atoms with Crippen LogP contribution >= 0.6 is 34.4 Å². The van der Waals surface area contributed by atoms with E-state index in [0.717, 1.165) is 22.7 Å². The van der Waals surface area contributed by atoms with Gasteiger partial charge in [0.1, 0.15) is 0 Å². The minimum absolute atomic E-state index is 0.121. The smallest absolute Gasteiger partial charge is 0.269 e. The SMILES string of the molecule is CSc1ccc(-c2ccc(/C=C/C34OCCN3c3ccc([N+](=O)[O-])cc3C4(C)C)s2)s1. The molecule has 5 rings (SSSR count). The van der Waals surface area contributed by atoms with Gasteiger partial charge in [0.15, 0.2) is 5.72 Å². The average molecular weight is 471 g/mol. The number of non-ortho nitro benzene ring substituents is 1. The molecule has 31 heavy (non-hydrogen) atoms. The highest BCUT2D eigenvalue weighted by atomic mass is 32.2. The first kappa shape index (κ1) is 20.8. The van der Waals surface area contributed by atoms with E-state index in [2.05, 4.69) is 61.4 Å². The molecule has 0 saturated carbocycles. The molecule has 0 spiro atoms. The zero-order chi connectivity index (χ0) is 21.8. The molecular formula is C23H22N2O3S3. The van der Waals surface area contributed by atoms with Gasteiger partial charge in [0.25, 0.3) is 5.69 Å². The van der Waals surface area contributed by atoms with Crippen molar-refractivity contribution < 1.29 is 9.66 Å². The molecule has 0 aliphatic carbocycles. The van der Waals surface area contributed by atoms with Crippen LogP contribution in [0, 0.1) is 10.1 Å². The molecule has 2 aliphatic heterocycles. The zero-order valence-corrected chi connectivity index (χ0v) is 19.9. The third-order valence-electron chi connectivity index (χ3n) is 6.21. The number of thioether (sulfide) groups is 1. The van der Waals surface area contributed by atoms with Crippen molar-refractivity contribution >= 4 is 51.9 Å². The molecule has 1 aromatic carbocycles. The summed E-state index contributed by atoms with van der Waals surface area (Å²) in [5.74, 6) is 0. The lowest BCUT2D eigenvalue weighted by atomic mass is 9.77. The first-order valence-electron chi connectivity index (χ1n) is 9.99. The predicted octanol–water partition coefficient (Wildman–Crippen LogP) is 6.64. The Hall–Kier alpha value is -2.13. The van der Waals surface area contributed by atoms with Gasteiger partial charge in [0.05, 0.1) is 15.7 Å². The van der Waals surface area contributed by atoms with Crippen molar-refractivity contribution in [2.45, 2.75) is 29.2 Å². The summed E-state index contributed by atoms with van der Waals surface area (Å²) in [6.07, 6.45) is 6.38. The third kappa shape index (κ3) is 3.16. The number of benzene rings is 1. The summed E-state index contributed by atoms with van der Waals surface area (Å²) in [7, 11) is 0. The second-order valence-electron chi connectivity index (χ2n) is 8.14. The normalized spacial score (nSPS) is 21.6. The van der Waals surface area contributed by atoms with Gasteiger partial charge in [-0.2, -0.15) is 0 Å². The van der Waals surface area contributed by atoms with Crippen molar-refractivity contribution in [1.82, 2.24) is 0 Å². The highest BCUT2D eigenvalue weighted by Crippen LogP contribution is 2.55. The number of hydrogen-bond donors (Lipinski definition) is 0. The monoisotopic (exact) mass is 470 g/mol. The maximum Gasteiger partial charge on any atom is 0.269 e. The molecule has 1 saturated heterocycles. The summed E-state index contributed by atoms with van der Waals surface area (Å²) in [5.41, 5.74) is 1.02. The Kier molecular flexibility index (Phi) is 5.01. The van der Waals surface area contributed by atoms with E-state index < -0.39 is 11.1 Å². The van der Waals surface area contributed by atoms with E-state index in [-0.39, 0.29) is 10.6 Å². The van der Waals surface area contributed by atoms with Crippen molar-refractivity contribution in [3.05, 3.63) is 69.1 Å². The van der Waals surface area contributed by atoms with Crippen LogP contribution in [0.5, 0.6) is 0 Å². The lowest BCUT2D eigenvalue weighted by Crippen LogP contribution is -2.51. The number of hydrogen-bond acceptors (Lipinski definition) is 7. The fraction of sp³-hybridized carbons (Fsp3) is 0.304. The summed E-state index contributed by atoms with van der Waals surface area (Å²) in [5, 5.41) is 11.3. The lowest BCUT2D eigenvalue weighted by Gasteiger charge is -2.39. The van der Waals surface area contributed by atoms with Gasteiger partial charge in [-0.25, -0.2) is 0 Å². The fourth-order valence-electron chi connectivity index (χ4n) is 4.60. The summed E-state index contributed by atoms with van der Waals surface area (Å²) < 4.78 is 7.68. The highest BCUT2D eigenvalue weighted by molar-refractivity contribution is 8.00. The van der Waals surface area contributed by atoms with Crippen molar-refractivity contribution in [2.24, 2.45) is 0 Å². The van der Waals surface area contributed by atoms with Crippen molar-refractivity contribution in [3.63, 3.8) is 0 Å². The van der Waals surface area contributed by atoms with Gasteiger partial charge < -0.3 is 9.64 Å². The van der Waals surface area contributed by atoms with E-state index in [1.54, 1.807) is 35.2 Å². The van der Waals surface area contributed by atoms with Crippen molar-refractivity contribution in [2.75, 3.05) is 24.3 Å². The fourth-order valence-corrected chi connectivity index (χ4v) is 7.14. The maximum absolute atomic E-state index is 11.3. The van der Waals surface area contributed by atoms with E-state index in [1.165, 1.54) is 14.0 Å². The van der Waals surface area contributed by atoms with Crippen LogP contribution in [0.3, 0.4) is 0 Å². The molecule has 3 aromatic rings. The molecule has 5 nitrogen and oxygen atoms in total. The number of fused-ring (bicyclic) bond motifs is 3.